The minimum absolute atomic E-state index is 0.421. The van der Waals surface area contributed by atoms with E-state index in [2.05, 4.69) is 52.5 Å². The summed E-state index contributed by atoms with van der Waals surface area (Å²) in [4.78, 5) is 0. The van der Waals surface area contributed by atoms with Gasteiger partial charge in [0.1, 0.15) is 5.75 Å². The zero-order chi connectivity index (χ0) is 12.4. The van der Waals surface area contributed by atoms with Crippen molar-refractivity contribution in [2.75, 3.05) is 13.2 Å². The predicted molar refractivity (Wildman–Crippen MR) is 70.7 cm³/mol. The van der Waals surface area contributed by atoms with Crippen LogP contribution in [0.25, 0.3) is 0 Å². The third-order valence-electron chi connectivity index (χ3n) is 3.51. The lowest BCUT2D eigenvalue weighted by molar-refractivity contribution is -0.693. The lowest BCUT2D eigenvalue weighted by Gasteiger charge is -2.23. The maximum Gasteiger partial charge on any atom is 0.152 e. The smallest absolute Gasteiger partial charge is 0.152 e. The second-order valence-electron chi connectivity index (χ2n) is 4.63. The van der Waals surface area contributed by atoms with Gasteiger partial charge in [0.05, 0.1) is 25.4 Å². The predicted octanol–water partition coefficient (Wildman–Crippen LogP) is 1.55. The Balaban J connectivity index is 1.88. The fraction of sp³-hybridized carbons (Fsp3) is 0.333. The molecular formula is C15H19N2O+. The van der Waals surface area contributed by atoms with Crippen molar-refractivity contribution in [2.45, 2.75) is 19.5 Å². The van der Waals surface area contributed by atoms with Crippen LogP contribution in [0.3, 0.4) is 0 Å². The quantitative estimate of drug-likeness (QED) is 0.871. The minimum atomic E-state index is 0.421. The highest BCUT2D eigenvalue weighted by molar-refractivity contribution is 5.32. The van der Waals surface area contributed by atoms with E-state index in [4.69, 9.17) is 4.74 Å². The summed E-state index contributed by atoms with van der Waals surface area (Å²) in [5.41, 5.74) is 2.74. The SMILES string of the molecule is CCOc1ccc([C@H]2[NH2+]CCn3cccc32)cc1. The summed E-state index contributed by atoms with van der Waals surface area (Å²) < 4.78 is 7.84. The number of nitrogens with two attached hydrogens (primary N) is 1. The molecule has 0 amide bonds. The van der Waals surface area contributed by atoms with Gasteiger partial charge in [0, 0.05) is 11.8 Å². The van der Waals surface area contributed by atoms with Crippen molar-refractivity contribution in [3.8, 4) is 5.75 Å². The Morgan fingerprint density at radius 1 is 1.28 bits per heavy atom. The first-order valence-corrected chi connectivity index (χ1v) is 6.59. The second-order valence-corrected chi connectivity index (χ2v) is 4.63. The Morgan fingerprint density at radius 3 is 2.89 bits per heavy atom. The number of ether oxygens (including phenoxy) is 1. The van der Waals surface area contributed by atoms with Gasteiger partial charge >= 0.3 is 0 Å². The lowest BCUT2D eigenvalue weighted by Crippen LogP contribution is -2.88. The van der Waals surface area contributed by atoms with Crippen molar-refractivity contribution >= 4 is 0 Å². The fourth-order valence-corrected chi connectivity index (χ4v) is 2.66. The van der Waals surface area contributed by atoms with E-state index in [1.54, 1.807) is 0 Å². The highest BCUT2D eigenvalue weighted by atomic mass is 16.5. The molecule has 3 heteroatoms. The van der Waals surface area contributed by atoms with Gasteiger partial charge in [0.2, 0.25) is 0 Å². The first-order chi connectivity index (χ1) is 8.88. The van der Waals surface area contributed by atoms with E-state index >= 15 is 0 Å². The zero-order valence-corrected chi connectivity index (χ0v) is 10.7. The molecule has 1 aliphatic rings. The largest absolute Gasteiger partial charge is 0.494 e. The number of quaternary nitrogens is 1. The van der Waals surface area contributed by atoms with Gasteiger partial charge in [-0.15, -0.1) is 0 Å². The van der Waals surface area contributed by atoms with Gasteiger partial charge in [0.15, 0.2) is 6.04 Å². The van der Waals surface area contributed by atoms with Gasteiger partial charge in [-0.3, -0.25) is 0 Å². The summed E-state index contributed by atoms with van der Waals surface area (Å²) in [6.07, 6.45) is 2.17. The van der Waals surface area contributed by atoms with Crippen LogP contribution in [0.1, 0.15) is 24.2 Å². The van der Waals surface area contributed by atoms with Crippen LogP contribution in [0.5, 0.6) is 5.75 Å². The average Bonchev–Trinajstić information content (AvgIpc) is 2.88. The van der Waals surface area contributed by atoms with E-state index in [1.165, 1.54) is 11.3 Å². The van der Waals surface area contributed by atoms with Crippen LogP contribution in [0.2, 0.25) is 0 Å². The van der Waals surface area contributed by atoms with Gasteiger partial charge in [-0.2, -0.15) is 0 Å². The molecule has 0 aliphatic carbocycles. The molecule has 2 aromatic rings. The molecule has 2 heterocycles. The second kappa shape index (κ2) is 4.86. The van der Waals surface area contributed by atoms with Gasteiger partial charge in [-0.05, 0) is 43.3 Å². The number of hydrogen-bond acceptors (Lipinski definition) is 1. The molecule has 0 spiro atoms. The maximum absolute atomic E-state index is 5.49. The monoisotopic (exact) mass is 243 g/mol. The Kier molecular flexibility index (Phi) is 3.07. The van der Waals surface area contributed by atoms with Crippen molar-refractivity contribution in [3.63, 3.8) is 0 Å². The zero-order valence-electron chi connectivity index (χ0n) is 10.7. The van der Waals surface area contributed by atoms with Crippen LogP contribution < -0.4 is 10.1 Å². The van der Waals surface area contributed by atoms with E-state index in [1.807, 2.05) is 6.92 Å². The summed E-state index contributed by atoms with van der Waals surface area (Å²) in [5, 5.41) is 2.41. The molecule has 94 valence electrons. The first-order valence-electron chi connectivity index (χ1n) is 6.59. The van der Waals surface area contributed by atoms with Crippen molar-refractivity contribution < 1.29 is 10.1 Å². The molecule has 1 atom stereocenters. The van der Waals surface area contributed by atoms with E-state index in [0.717, 1.165) is 25.4 Å². The summed E-state index contributed by atoms with van der Waals surface area (Å²) >= 11 is 0. The number of benzene rings is 1. The minimum Gasteiger partial charge on any atom is -0.494 e. The molecule has 0 unspecified atom stereocenters. The van der Waals surface area contributed by atoms with Gasteiger partial charge in [-0.1, -0.05) is 0 Å². The third-order valence-corrected chi connectivity index (χ3v) is 3.51. The average molecular weight is 243 g/mol. The fourth-order valence-electron chi connectivity index (χ4n) is 2.66. The van der Waals surface area contributed by atoms with Crippen molar-refractivity contribution in [3.05, 3.63) is 53.9 Å². The topological polar surface area (TPSA) is 30.8 Å². The Morgan fingerprint density at radius 2 is 2.11 bits per heavy atom. The Bertz CT molecular complexity index is 516. The molecule has 1 aromatic heterocycles. The molecule has 0 bridgehead atoms. The molecule has 1 aliphatic heterocycles. The third kappa shape index (κ3) is 2.02. The molecule has 0 fully saturated rings. The molecule has 3 rings (SSSR count). The van der Waals surface area contributed by atoms with E-state index in [9.17, 15) is 0 Å². The molecular weight excluding hydrogens is 224 g/mol. The van der Waals surface area contributed by atoms with Crippen LogP contribution >= 0.6 is 0 Å². The van der Waals surface area contributed by atoms with Crippen LogP contribution in [0.4, 0.5) is 0 Å². The number of fused-ring (bicyclic) bond motifs is 1. The maximum atomic E-state index is 5.49. The number of rotatable bonds is 3. The highest BCUT2D eigenvalue weighted by Gasteiger charge is 2.24. The van der Waals surface area contributed by atoms with E-state index in [0.29, 0.717) is 6.04 Å². The van der Waals surface area contributed by atoms with Crippen molar-refractivity contribution in [2.24, 2.45) is 0 Å². The molecule has 0 radical (unpaired) electrons. The first kappa shape index (κ1) is 11.4. The van der Waals surface area contributed by atoms with E-state index < -0.39 is 0 Å². The van der Waals surface area contributed by atoms with Crippen LogP contribution in [0.15, 0.2) is 42.6 Å². The van der Waals surface area contributed by atoms with E-state index in [-0.39, 0.29) is 0 Å². The summed E-state index contributed by atoms with van der Waals surface area (Å²) in [5.74, 6) is 0.951. The number of hydrogen-bond donors (Lipinski definition) is 1. The molecule has 18 heavy (non-hydrogen) atoms. The van der Waals surface area contributed by atoms with Crippen LogP contribution in [0, 0.1) is 0 Å². The molecule has 0 saturated carbocycles. The lowest BCUT2D eigenvalue weighted by atomic mass is 10.0. The van der Waals surface area contributed by atoms with Crippen molar-refractivity contribution in [1.29, 1.82) is 0 Å². The normalized spacial score (nSPS) is 18.4. The van der Waals surface area contributed by atoms with Gasteiger partial charge in [-0.25, -0.2) is 0 Å². The Labute approximate surface area is 107 Å². The standard InChI is InChI=1S/C15H18N2O/c1-2-18-13-7-5-12(6-8-13)15-14-4-3-10-17(14)11-9-16-15/h3-8,10,15-16H,2,9,11H2,1H3/p+1/t15-/m1/s1. The molecule has 3 nitrogen and oxygen atoms in total. The molecule has 1 aromatic carbocycles. The number of nitrogens with zero attached hydrogens (tertiary/aromatic N) is 1. The highest BCUT2D eigenvalue weighted by Crippen LogP contribution is 2.23. The molecule has 2 N–H and O–H groups in total. The summed E-state index contributed by atoms with van der Waals surface area (Å²) in [6, 6.07) is 13.3. The summed E-state index contributed by atoms with van der Waals surface area (Å²) in [7, 11) is 0. The summed E-state index contributed by atoms with van der Waals surface area (Å²) in [6.45, 7) is 4.98. The van der Waals surface area contributed by atoms with Gasteiger partial charge < -0.3 is 14.6 Å². The van der Waals surface area contributed by atoms with Crippen LogP contribution in [-0.4, -0.2) is 17.7 Å². The number of aromatic nitrogens is 1. The van der Waals surface area contributed by atoms with Crippen molar-refractivity contribution in [1.82, 2.24) is 4.57 Å². The van der Waals surface area contributed by atoms with Gasteiger partial charge in [0.25, 0.3) is 0 Å². The van der Waals surface area contributed by atoms with Crippen LogP contribution in [-0.2, 0) is 6.54 Å². The Hall–Kier alpha value is -1.74. The molecule has 0 saturated heterocycles.